The van der Waals surface area contributed by atoms with Crippen molar-refractivity contribution in [3.05, 3.63) is 48.3 Å². The number of anilines is 1. The molecule has 0 saturated carbocycles. The Hall–Kier alpha value is -2.70. The molecule has 0 spiro atoms. The van der Waals surface area contributed by atoms with E-state index in [4.69, 9.17) is 5.73 Å². The molecule has 0 unspecified atom stereocenters. The highest BCUT2D eigenvalue weighted by molar-refractivity contribution is 5.68. The fourth-order valence-corrected chi connectivity index (χ4v) is 2.28. The molecule has 0 aliphatic rings. The largest absolute Gasteiger partial charge is 0.383 e. The molecule has 0 atom stereocenters. The summed E-state index contributed by atoms with van der Waals surface area (Å²) < 4.78 is 27.6. The van der Waals surface area contributed by atoms with Gasteiger partial charge in [0, 0.05) is 17.3 Å². The second kappa shape index (κ2) is 5.59. The number of rotatable bonds is 4. The summed E-state index contributed by atoms with van der Waals surface area (Å²) in [7, 11) is 0. The number of para-hydroxylation sites is 1. The zero-order chi connectivity index (χ0) is 15.7. The van der Waals surface area contributed by atoms with Crippen molar-refractivity contribution in [3.63, 3.8) is 0 Å². The van der Waals surface area contributed by atoms with Crippen molar-refractivity contribution in [1.82, 2.24) is 19.6 Å². The Morgan fingerprint density at radius 3 is 2.64 bits per heavy atom. The number of benzene rings is 1. The second-order valence-corrected chi connectivity index (χ2v) is 4.95. The van der Waals surface area contributed by atoms with Crippen LogP contribution in [0.1, 0.15) is 5.56 Å². The number of nitrogens with zero attached hydrogens (tertiary/aromatic N) is 4. The molecular weight excluding hydrogens is 288 g/mol. The van der Waals surface area contributed by atoms with Gasteiger partial charge in [0.15, 0.2) is 0 Å². The summed E-state index contributed by atoms with van der Waals surface area (Å²) in [5.41, 5.74) is 9.05. The van der Waals surface area contributed by atoms with Crippen LogP contribution in [-0.4, -0.2) is 26.0 Å². The number of halogens is 2. The van der Waals surface area contributed by atoms with E-state index in [2.05, 4.69) is 10.2 Å². The minimum Gasteiger partial charge on any atom is -0.383 e. The van der Waals surface area contributed by atoms with Gasteiger partial charge in [-0.3, -0.25) is 4.68 Å². The van der Waals surface area contributed by atoms with Crippen LogP contribution >= 0.6 is 0 Å². The van der Waals surface area contributed by atoms with Gasteiger partial charge in [-0.15, -0.1) is 0 Å². The Bertz CT molecular complexity index is 777. The molecule has 1 aromatic carbocycles. The van der Waals surface area contributed by atoms with E-state index in [-0.39, 0.29) is 0 Å². The summed E-state index contributed by atoms with van der Waals surface area (Å²) in [6.45, 7) is 1.41. The first kappa shape index (κ1) is 14.2. The van der Waals surface area contributed by atoms with Crippen LogP contribution in [0.5, 0.6) is 0 Å². The molecule has 2 aromatic heterocycles. The third-order valence-corrected chi connectivity index (χ3v) is 3.40. The monoisotopic (exact) mass is 303 g/mol. The molecule has 0 aliphatic heterocycles. The fourth-order valence-electron chi connectivity index (χ4n) is 2.28. The maximum Gasteiger partial charge on any atom is 0.257 e. The Morgan fingerprint density at radius 1 is 1.23 bits per heavy atom. The van der Waals surface area contributed by atoms with Crippen LogP contribution in [0.4, 0.5) is 14.6 Å². The van der Waals surface area contributed by atoms with Crippen molar-refractivity contribution in [2.45, 2.75) is 19.9 Å². The predicted molar refractivity (Wildman–Crippen MR) is 79.9 cm³/mol. The minimum absolute atomic E-state index is 0.437. The molecule has 22 heavy (non-hydrogen) atoms. The average molecular weight is 303 g/mol. The molecule has 0 fully saturated rings. The first-order chi connectivity index (χ1) is 10.6. The van der Waals surface area contributed by atoms with Gasteiger partial charge in [-0.1, -0.05) is 18.2 Å². The van der Waals surface area contributed by atoms with Crippen molar-refractivity contribution in [3.8, 4) is 16.9 Å². The normalized spacial score (nSPS) is 11.3. The van der Waals surface area contributed by atoms with Crippen LogP contribution in [-0.2, 0) is 6.54 Å². The van der Waals surface area contributed by atoms with E-state index < -0.39 is 13.0 Å². The third kappa shape index (κ3) is 2.57. The van der Waals surface area contributed by atoms with E-state index in [0.29, 0.717) is 17.1 Å². The Labute approximate surface area is 126 Å². The lowest BCUT2D eigenvalue weighted by molar-refractivity contribution is 0.122. The summed E-state index contributed by atoms with van der Waals surface area (Å²) in [4.78, 5) is 0. The number of hydrogen-bond donors (Lipinski definition) is 1. The molecule has 3 rings (SSSR count). The number of aromatic nitrogens is 4. The van der Waals surface area contributed by atoms with E-state index in [9.17, 15) is 8.78 Å². The summed E-state index contributed by atoms with van der Waals surface area (Å²) in [5.74, 6) is 0.516. The number of alkyl halides is 2. The zero-order valence-electron chi connectivity index (χ0n) is 11.9. The molecule has 0 aliphatic carbocycles. The van der Waals surface area contributed by atoms with E-state index in [1.807, 2.05) is 37.3 Å². The van der Waals surface area contributed by atoms with Gasteiger partial charge in [-0.2, -0.15) is 10.2 Å². The predicted octanol–water partition coefficient (Wildman–Crippen LogP) is 2.89. The van der Waals surface area contributed by atoms with Gasteiger partial charge in [-0.25, -0.2) is 13.5 Å². The smallest absolute Gasteiger partial charge is 0.257 e. The van der Waals surface area contributed by atoms with Crippen LogP contribution in [0.15, 0.2) is 42.7 Å². The molecule has 2 N–H and O–H groups in total. The molecule has 7 heteroatoms. The highest BCUT2D eigenvalue weighted by atomic mass is 19.3. The lowest BCUT2D eigenvalue weighted by Gasteiger charge is -2.02. The molecule has 114 valence electrons. The zero-order valence-corrected chi connectivity index (χ0v) is 11.9. The van der Waals surface area contributed by atoms with Crippen molar-refractivity contribution in [2.75, 3.05) is 5.73 Å². The van der Waals surface area contributed by atoms with E-state index in [1.165, 1.54) is 10.9 Å². The molecule has 5 nitrogen and oxygen atoms in total. The molecule has 0 saturated heterocycles. The highest BCUT2D eigenvalue weighted by Crippen LogP contribution is 2.28. The van der Waals surface area contributed by atoms with Crippen molar-refractivity contribution in [1.29, 1.82) is 0 Å². The van der Waals surface area contributed by atoms with E-state index in [0.717, 1.165) is 11.3 Å². The maximum absolute atomic E-state index is 12.4. The molecule has 0 amide bonds. The SMILES string of the molecule is Cc1c(-c2cnn(CC(F)F)c2)nn(-c2ccccc2)c1N. The first-order valence-electron chi connectivity index (χ1n) is 6.77. The van der Waals surface area contributed by atoms with Crippen LogP contribution < -0.4 is 5.73 Å². The van der Waals surface area contributed by atoms with Gasteiger partial charge in [0.05, 0.1) is 11.9 Å². The summed E-state index contributed by atoms with van der Waals surface area (Å²) in [6.07, 6.45) is 0.628. The van der Waals surface area contributed by atoms with Crippen LogP contribution in [0, 0.1) is 6.92 Å². The van der Waals surface area contributed by atoms with Crippen LogP contribution in [0.3, 0.4) is 0 Å². The summed E-state index contributed by atoms with van der Waals surface area (Å²) >= 11 is 0. The van der Waals surface area contributed by atoms with E-state index >= 15 is 0 Å². The van der Waals surface area contributed by atoms with Gasteiger partial charge >= 0.3 is 0 Å². The van der Waals surface area contributed by atoms with Gasteiger partial charge in [0.25, 0.3) is 6.43 Å². The van der Waals surface area contributed by atoms with Crippen LogP contribution in [0.25, 0.3) is 16.9 Å². The van der Waals surface area contributed by atoms with Gasteiger partial charge in [0.2, 0.25) is 0 Å². The lowest BCUT2D eigenvalue weighted by atomic mass is 10.2. The topological polar surface area (TPSA) is 61.7 Å². The van der Waals surface area contributed by atoms with Crippen molar-refractivity contribution in [2.24, 2.45) is 0 Å². The lowest BCUT2D eigenvalue weighted by Crippen LogP contribution is -2.06. The van der Waals surface area contributed by atoms with Crippen molar-refractivity contribution >= 4 is 5.82 Å². The minimum atomic E-state index is -2.44. The highest BCUT2D eigenvalue weighted by Gasteiger charge is 2.16. The number of hydrogen-bond acceptors (Lipinski definition) is 3. The van der Waals surface area contributed by atoms with Crippen LogP contribution in [0.2, 0.25) is 0 Å². The molecule has 0 bridgehead atoms. The maximum atomic E-state index is 12.4. The summed E-state index contributed by atoms with van der Waals surface area (Å²) in [6, 6.07) is 9.49. The standard InChI is InChI=1S/C15H15F2N5/c1-10-14(11-7-19-21(8-11)9-13(16)17)20-22(15(10)18)12-5-3-2-4-6-12/h2-8,13H,9,18H2,1H3. The van der Waals surface area contributed by atoms with Gasteiger partial charge in [0.1, 0.15) is 18.1 Å². The number of nitrogens with two attached hydrogens (primary N) is 1. The molecular formula is C15H15F2N5. The Kier molecular flexibility index (Phi) is 3.62. The second-order valence-electron chi connectivity index (χ2n) is 4.95. The number of nitrogen functional groups attached to an aromatic ring is 1. The Morgan fingerprint density at radius 2 is 1.95 bits per heavy atom. The first-order valence-corrected chi connectivity index (χ1v) is 6.77. The summed E-state index contributed by atoms with van der Waals surface area (Å²) in [5, 5.41) is 8.43. The quantitative estimate of drug-likeness (QED) is 0.806. The van der Waals surface area contributed by atoms with Gasteiger partial charge in [-0.05, 0) is 19.1 Å². The van der Waals surface area contributed by atoms with Crippen molar-refractivity contribution < 1.29 is 8.78 Å². The van der Waals surface area contributed by atoms with Gasteiger partial charge < -0.3 is 5.73 Å². The molecule has 3 aromatic rings. The molecule has 2 heterocycles. The third-order valence-electron chi connectivity index (χ3n) is 3.40. The molecule has 0 radical (unpaired) electrons. The average Bonchev–Trinajstić information content (AvgIpc) is 3.06. The Balaban J connectivity index is 2.00. The van der Waals surface area contributed by atoms with E-state index in [1.54, 1.807) is 10.9 Å². The fraction of sp³-hybridized carbons (Fsp3) is 0.200.